The first-order valence-corrected chi connectivity index (χ1v) is 7.11. The quantitative estimate of drug-likeness (QED) is 0.853. The van der Waals surface area contributed by atoms with Crippen LogP contribution in [0.25, 0.3) is 0 Å². The zero-order valence-electron chi connectivity index (χ0n) is 12.8. The van der Waals surface area contributed by atoms with E-state index in [9.17, 15) is 9.90 Å². The number of benzene rings is 2. The van der Waals surface area contributed by atoms with Crippen molar-refractivity contribution in [1.29, 1.82) is 0 Å². The van der Waals surface area contributed by atoms with Gasteiger partial charge in [-0.1, -0.05) is 36.1 Å². The highest BCUT2D eigenvalue weighted by Crippen LogP contribution is 2.14. The summed E-state index contributed by atoms with van der Waals surface area (Å²) in [5, 5.41) is 12.1. The first-order valence-electron chi connectivity index (χ1n) is 7.11. The molecule has 0 bridgehead atoms. The zero-order chi connectivity index (χ0) is 16.0. The molecule has 0 heterocycles. The van der Waals surface area contributed by atoms with Crippen molar-refractivity contribution >= 4 is 11.6 Å². The van der Waals surface area contributed by atoms with E-state index in [0.29, 0.717) is 11.3 Å². The summed E-state index contributed by atoms with van der Waals surface area (Å²) in [5.41, 5.74) is 1.67. The molecule has 0 saturated carbocycles. The van der Waals surface area contributed by atoms with Gasteiger partial charge in [-0.2, -0.15) is 0 Å². The molecule has 0 saturated heterocycles. The molecular formula is C19H19NO2. The zero-order valence-corrected chi connectivity index (χ0v) is 12.8. The minimum absolute atomic E-state index is 0.00440. The molecule has 0 radical (unpaired) electrons. The van der Waals surface area contributed by atoms with Gasteiger partial charge in [-0.3, -0.25) is 4.79 Å². The molecule has 0 fully saturated rings. The molecule has 2 aromatic carbocycles. The molecule has 1 amide bonds. The predicted octanol–water partition coefficient (Wildman–Crippen LogP) is 3.31. The summed E-state index contributed by atoms with van der Waals surface area (Å²) >= 11 is 0. The highest BCUT2D eigenvalue weighted by molar-refractivity contribution is 6.04. The maximum atomic E-state index is 12.1. The van der Waals surface area contributed by atoms with Gasteiger partial charge in [0.25, 0.3) is 5.91 Å². The summed E-state index contributed by atoms with van der Waals surface area (Å²) in [7, 11) is 0. The number of amides is 1. The molecule has 22 heavy (non-hydrogen) atoms. The SMILES string of the molecule is CC(C)(C#Cc1cccc(NC(=O)c2ccccc2)c1)CO. The van der Waals surface area contributed by atoms with Gasteiger partial charge in [0.15, 0.2) is 0 Å². The van der Waals surface area contributed by atoms with E-state index in [4.69, 9.17) is 0 Å². The molecule has 3 heteroatoms. The Hall–Kier alpha value is -2.57. The minimum Gasteiger partial charge on any atom is -0.395 e. The Morgan fingerprint density at radius 3 is 2.55 bits per heavy atom. The van der Waals surface area contributed by atoms with Crippen molar-refractivity contribution in [2.75, 3.05) is 11.9 Å². The molecule has 3 nitrogen and oxygen atoms in total. The fourth-order valence-electron chi connectivity index (χ4n) is 1.75. The van der Waals surface area contributed by atoms with Gasteiger partial charge < -0.3 is 10.4 Å². The van der Waals surface area contributed by atoms with Crippen LogP contribution in [0.5, 0.6) is 0 Å². The molecule has 112 valence electrons. The van der Waals surface area contributed by atoms with E-state index >= 15 is 0 Å². The maximum absolute atomic E-state index is 12.1. The van der Waals surface area contributed by atoms with Crippen molar-refractivity contribution < 1.29 is 9.90 Å². The third-order valence-corrected chi connectivity index (χ3v) is 3.10. The van der Waals surface area contributed by atoms with Crippen molar-refractivity contribution in [3.05, 3.63) is 65.7 Å². The van der Waals surface area contributed by atoms with Crippen LogP contribution in [0, 0.1) is 17.3 Å². The van der Waals surface area contributed by atoms with Gasteiger partial charge >= 0.3 is 0 Å². The maximum Gasteiger partial charge on any atom is 0.255 e. The van der Waals surface area contributed by atoms with Crippen LogP contribution in [0.1, 0.15) is 29.8 Å². The minimum atomic E-state index is -0.441. The predicted molar refractivity (Wildman–Crippen MR) is 88.6 cm³/mol. The third kappa shape index (κ3) is 4.47. The molecule has 2 rings (SSSR count). The molecule has 2 aromatic rings. The number of hydrogen-bond donors (Lipinski definition) is 2. The molecule has 0 aliphatic rings. The second-order valence-corrected chi connectivity index (χ2v) is 5.69. The van der Waals surface area contributed by atoms with Crippen LogP contribution in [-0.2, 0) is 0 Å². The van der Waals surface area contributed by atoms with Gasteiger partial charge in [0, 0.05) is 22.2 Å². The number of nitrogens with one attached hydrogen (secondary N) is 1. The fraction of sp³-hybridized carbons (Fsp3) is 0.211. The number of carbonyl (C=O) groups is 1. The molecule has 0 unspecified atom stereocenters. The number of rotatable bonds is 3. The Morgan fingerprint density at radius 1 is 1.14 bits per heavy atom. The molecule has 0 aliphatic carbocycles. The summed E-state index contributed by atoms with van der Waals surface area (Å²) in [6, 6.07) is 16.4. The van der Waals surface area contributed by atoms with Crippen LogP contribution in [0.15, 0.2) is 54.6 Å². The summed E-state index contributed by atoms with van der Waals surface area (Å²) in [6.07, 6.45) is 0. The lowest BCUT2D eigenvalue weighted by Crippen LogP contribution is -2.13. The Labute approximate surface area is 131 Å². The average molecular weight is 293 g/mol. The lowest BCUT2D eigenvalue weighted by atomic mass is 9.95. The number of aliphatic hydroxyl groups is 1. The first kappa shape index (κ1) is 15.8. The van der Waals surface area contributed by atoms with Gasteiger partial charge in [-0.25, -0.2) is 0 Å². The van der Waals surface area contributed by atoms with Crippen LogP contribution in [-0.4, -0.2) is 17.6 Å². The third-order valence-electron chi connectivity index (χ3n) is 3.10. The van der Waals surface area contributed by atoms with E-state index in [1.165, 1.54) is 0 Å². The average Bonchev–Trinajstić information content (AvgIpc) is 2.54. The van der Waals surface area contributed by atoms with Gasteiger partial charge in [0.1, 0.15) is 0 Å². The normalized spacial score (nSPS) is 10.5. The molecule has 0 aliphatic heterocycles. The summed E-state index contributed by atoms with van der Waals surface area (Å²) in [4.78, 5) is 12.1. The Bertz CT molecular complexity index is 709. The van der Waals surface area contributed by atoms with E-state index in [1.54, 1.807) is 12.1 Å². The smallest absolute Gasteiger partial charge is 0.255 e. The molecule has 0 spiro atoms. The molecule has 0 atom stereocenters. The highest BCUT2D eigenvalue weighted by atomic mass is 16.3. The Morgan fingerprint density at radius 2 is 1.86 bits per heavy atom. The van der Waals surface area contributed by atoms with Crippen LogP contribution in [0.4, 0.5) is 5.69 Å². The molecule has 2 N–H and O–H groups in total. The second-order valence-electron chi connectivity index (χ2n) is 5.69. The second kappa shape index (κ2) is 6.93. The Kier molecular flexibility index (Phi) is 4.98. The van der Waals surface area contributed by atoms with Gasteiger partial charge in [-0.05, 0) is 44.2 Å². The van der Waals surface area contributed by atoms with Crippen LogP contribution in [0.2, 0.25) is 0 Å². The van der Waals surface area contributed by atoms with E-state index in [0.717, 1.165) is 5.56 Å². The van der Waals surface area contributed by atoms with E-state index < -0.39 is 5.41 Å². The summed E-state index contributed by atoms with van der Waals surface area (Å²) in [6.45, 7) is 3.76. The lowest BCUT2D eigenvalue weighted by Gasteiger charge is -2.12. The van der Waals surface area contributed by atoms with Gasteiger partial charge in [0.2, 0.25) is 0 Å². The van der Waals surface area contributed by atoms with E-state index in [1.807, 2.05) is 56.3 Å². The largest absolute Gasteiger partial charge is 0.395 e. The topological polar surface area (TPSA) is 49.3 Å². The number of carbonyl (C=O) groups excluding carboxylic acids is 1. The van der Waals surface area contributed by atoms with Crippen molar-refractivity contribution in [3.63, 3.8) is 0 Å². The highest BCUT2D eigenvalue weighted by Gasteiger charge is 2.11. The summed E-state index contributed by atoms with van der Waals surface area (Å²) in [5.74, 6) is 5.90. The van der Waals surface area contributed by atoms with Crippen LogP contribution < -0.4 is 5.32 Å². The van der Waals surface area contributed by atoms with E-state index in [-0.39, 0.29) is 12.5 Å². The molecule has 0 aromatic heterocycles. The van der Waals surface area contributed by atoms with Crippen molar-refractivity contribution in [1.82, 2.24) is 0 Å². The molecular weight excluding hydrogens is 274 g/mol. The monoisotopic (exact) mass is 293 g/mol. The lowest BCUT2D eigenvalue weighted by molar-refractivity contribution is 0.102. The standard InChI is InChI=1S/C19H19NO2/c1-19(2,14-21)12-11-15-7-6-10-17(13-15)20-18(22)16-8-4-3-5-9-16/h3-10,13,21H,14H2,1-2H3,(H,20,22). The van der Waals surface area contributed by atoms with Crippen molar-refractivity contribution in [2.24, 2.45) is 5.41 Å². The van der Waals surface area contributed by atoms with Crippen LogP contribution in [0.3, 0.4) is 0 Å². The van der Waals surface area contributed by atoms with Gasteiger partial charge in [-0.15, -0.1) is 0 Å². The van der Waals surface area contributed by atoms with Gasteiger partial charge in [0.05, 0.1) is 6.61 Å². The summed E-state index contributed by atoms with van der Waals surface area (Å²) < 4.78 is 0. The van der Waals surface area contributed by atoms with Crippen LogP contribution >= 0.6 is 0 Å². The number of aliphatic hydroxyl groups excluding tert-OH is 1. The van der Waals surface area contributed by atoms with Crippen molar-refractivity contribution in [3.8, 4) is 11.8 Å². The van der Waals surface area contributed by atoms with E-state index in [2.05, 4.69) is 17.2 Å². The fourth-order valence-corrected chi connectivity index (χ4v) is 1.75. The Balaban J connectivity index is 2.14. The number of anilines is 1. The van der Waals surface area contributed by atoms with Crippen molar-refractivity contribution in [2.45, 2.75) is 13.8 Å². The first-order chi connectivity index (χ1) is 10.5. The number of hydrogen-bond acceptors (Lipinski definition) is 2.